The van der Waals surface area contributed by atoms with Gasteiger partial charge in [0.05, 0.1) is 0 Å². The molecule has 0 spiro atoms. The number of halogens is 1. The summed E-state index contributed by atoms with van der Waals surface area (Å²) in [4.78, 5) is 29.5. The number of carbonyl (C=O) groups excluding carboxylic acids is 2. The van der Waals surface area contributed by atoms with Gasteiger partial charge in [-0.2, -0.15) is 0 Å². The normalized spacial score (nSPS) is 14.5. The van der Waals surface area contributed by atoms with E-state index >= 15 is 0 Å². The van der Waals surface area contributed by atoms with E-state index in [-0.39, 0.29) is 24.5 Å². The Labute approximate surface area is 237 Å². The van der Waals surface area contributed by atoms with Crippen molar-refractivity contribution in [3.8, 4) is 5.75 Å². The van der Waals surface area contributed by atoms with E-state index < -0.39 is 6.04 Å². The van der Waals surface area contributed by atoms with Crippen molar-refractivity contribution < 1.29 is 14.3 Å². The van der Waals surface area contributed by atoms with E-state index in [2.05, 4.69) is 5.32 Å². The van der Waals surface area contributed by atoms with Crippen LogP contribution in [-0.4, -0.2) is 35.4 Å². The fourth-order valence-corrected chi connectivity index (χ4v) is 5.40. The molecule has 6 heteroatoms. The Morgan fingerprint density at radius 3 is 2.23 bits per heavy atom. The lowest BCUT2D eigenvalue weighted by Crippen LogP contribution is -2.53. The molecule has 0 heterocycles. The molecule has 1 fully saturated rings. The van der Waals surface area contributed by atoms with Crippen LogP contribution in [0.1, 0.15) is 59.9 Å². The second-order valence-electron chi connectivity index (χ2n) is 10.7. The Morgan fingerprint density at radius 1 is 0.923 bits per heavy atom. The Kier molecular flexibility index (Phi) is 10.0. The molecule has 1 N–H and O–H groups in total. The van der Waals surface area contributed by atoms with E-state index in [1.165, 1.54) is 6.42 Å². The van der Waals surface area contributed by atoms with Crippen molar-refractivity contribution in [2.75, 3.05) is 6.61 Å². The highest BCUT2D eigenvalue weighted by molar-refractivity contribution is 6.32. The number of amides is 2. The summed E-state index contributed by atoms with van der Waals surface area (Å²) < 4.78 is 5.98. The van der Waals surface area contributed by atoms with Gasteiger partial charge in [-0.05, 0) is 73.6 Å². The lowest BCUT2D eigenvalue weighted by atomic mass is 9.94. The topological polar surface area (TPSA) is 58.6 Å². The molecule has 3 aromatic rings. The molecule has 0 saturated heterocycles. The number of aryl methyl sites for hydroxylation is 3. The number of nitrogens with one attached hydrogen (secondary N) is 1. The third-order valence-corrected chi connectivity index (χ3v) is 8.19. The van der Waals surface area contributed by atoms with Gasteiger partial charge in [0, 0.05) is 24.0 Å². The van der Waals surface area contributed by atoms with Crippen molar-refractivity contribution in [2.24, 2.45) is 0 Å². The first-order valence-electron chi connectivity index (χ1n) is 13.9. The van der Waals surface area contributed by atoms with Crippen molar-refractivity contribution in [3.63, 3.8) is 0 Å². The molecule has 1 saturated carbocycles. The summed E-state index contributed by atoms with van der Waals surface area (Å²) in [6.45, 7) is 6.01. The molecule has 2 amide bonds. The molecule has 0 aromatic heterocycles. The zero-order chi connectivity index (χ0) is 27.8. The van der Waals surface area contributed by atoms with Gasteiger partial charge in [-0.25, -0.2) is 0 Å². The predicted molar refractivity (Wildman–Crippen MR) is 157 cm³/mol. The number of hydrogen-bond acceptors (Lipinski definition) is 3. The van der Waals surface area contributed by atoms with Crippen LogP contribution in [0.2, 0.25) is 5.02 Å². The van der Waals surface area contributed by atoms with Gasteiger partial charge in [0.2, 0.25) is 5.91 Å². The van der Waals surface area contributed by atoms with Crippen molar-refractivity contribution in [1.29, 1.82) is 0 Å². The van der Waals surface area contributed by atoms with Gasteiger partial charge in [-0.3, -0.25) is 9.59 Å². The molecule has 1 atom stereocenters. The summed E-state index contributed by atoms with van der Waals surface area (Å²) in [5.41, 5.74) is 4.88. The molecule has 0 aliphatic heterocycles. The predicted octanol–water partition coefficient (Wildman–Crippen LogP) is 6.73. The molecule has 5 nitrogen and oxygen atoms in total. The maximum absolute atomic E-state index is 13.9. The Morgan fingerprint density at radius 2 is 1.56 bits per heavy atom. The molecule has 0 unspecified atom stereocenters. The monoisotopic (exact) mass is 546 g/mol. The third-order valence-electron chi connectivity index (χ3n) is 7.60. The van der Waals surface area contributed by atoms with Crippen LogP contribution >= 0.6 is 11.6 Å². The molecule has 206 valence electrons. The zero-order valence-corrected chi connectivity index (χ0v) is 24.0. The Balaban J connectivity index is 1.63. The molecule has 1 aliphatic rings. The standard InChI is InChI=1S/C33H39ClN2O3/c1-23-12-10-11-15-27(23)21-36(31(37)22-39-29-18-24(2)32(34)25(3)19-29)30(20-26-13-6-4-7-14-26)33(38)35-28-16-8-5-9-17-28/h4,6-7,10-15,18-19,28,30H,5,8-9,16-17,20-22H2,1-3H3,(H,35,38)/t30-/m1/s1. The van der Waals surface area contributed by atoms with Crippen LogP contribution in [0.5, 0.6) is 5.75 Å². The highest BCUT2D eigenvalue weighted by Crippen LogP contribution is 2.26. The first-order chi connectivity index (χ1) is 18.8. The summed E-state index contributed by atoms with van der Waals surface area (Å²) in [6.07, 6.45) is 5.83. The molecule has 3 aromatic carbocycles. The number of benzene rings is 3. The summed E-state index contributed by atoms with van der Waals surface area (Å²) in [7, 11) is 0. The van der Waals surface area contributed by atoms with E-state index in [1.54, 1.807) is 4.90 Å². The van der Waals surface area contributed by atoms with Gasteiger partial charge >= 0.3 is 0 Å². The SMILES string of the molecule is Cc1ccccc1CN(C(=O)COc1cc(C)c(Cl)c(C)c1)[C@H](Cc1ccccc1)C(=O)NC1CCCCC1. The van der Waals surface area contributed by atoms with Gasteiger partial charge < -0.3 is 15.0 Å². The van der Waals surface area contributed by atoms with Crippen molar-refractivity contribution in [1.82, 2.24) is 10.2 Å². The van der Waals surface area contributed by atoms with Crippen molar-refractivity contribution in [2.45, 2.75) is 77.9 Å². The van der Waals surface area contributed by atoms with E-state index in [0.717, 1.165) is 53.5 Å². The number of hydrogen-bond donors (Lipinski definition) is 1. The van der Waals surface area contributed by atoms with Gasteiger partial charge in [-0.15, -0.1) is 0 Å². The Bertz CT molecular complexity index is 1250. The number of carbonyl (C=O) groups is 2. The van der Waals surface area contributed by atoms with E-state index in [9.17, 15) is 9.59 Å². The fraction of sp³-hybridized carbons (Fsp3) is 0.394. The minimum absolute atomic E-state index is 0.106. The molecular weight excluding hydrogens is 508 g/mol. The average molecular weight is 547 g/mol. The maximum atomic E-state index is 13.9. The fourth-order valence-electron chi connectivity index (χ4n) is 5.29. The van der Waals surface area contributed by atoms with Crippen LogP contribution in [0.15, 0.2) is 66.7 Å². The van der Waals surface area contributed by atoms with Crippen molar-refractivity contribution in [3.05, 3.63) is 99.6 Å². The molecule has 4 rings (SSSR count). The van der Waals surface area contributed by atoms with Crippen LogP contribution < -0.4 is 10.1 Å². The van der Waals surface area contributed by atoms with Crippen molar-refractivity contribution >= 4 is 23.4 Å². The second-order valence-corrected chi connectivity index (χ2v) is 11.0. The van der Waals surface area contributed by atoms with Crippen LogP contribution in [0, 0.1) is 20.8 Å². The molecular formula is C33H39ClN2O3. The first kappa shape index (κ1) is 28.7. The second kappa shape index (κ2) is 13.7. The van der Waals surface area contributed by atoms with E-state index in [1.807, 2.05) is 87.5 Å². The average Bonchev–Trinajstić information content (AvgIpc) is 2.94. The maximum Gasteiger partial charge on any atom is 0.261 e. The molecule has 0 bridgehead atoms. The summed E-state index contributed by atoms with van der Waals surface area (Å²) >= 11 is 6.33. The van der Waals surface area contributed by atoms with E-state index in [4.69, 9.17) is 16.3 Å². The zero-order valence-electron chi connectivity index (χ0n) is 23.2. The minimum Gasteiger partial charge on any atom is -0.484 e. The summed E-state index contributed by atoms with van der Waals surface area (Å²) in [5, 5.41) is 3.97. The minimum atomic E-state index is -0.668. The van der Waals surface area contributed by atoms with Crippen LogP contribution in [0.3, 0.4) is 0 Å². The lowest BCUT2D eigenvalue weighted by molar-refractivity contribution is -0.143. The smallest absolute Gasteiger partial charge is 0.261 e. The van der Waals surface area contributed by atoms with Crippen LogP contribution in [-0.2, 0) is 22.6 Å². The van der Waals surface area contributed by atoms with Crippen LogP contribution in [0.25, 0.3) is 0 Å². The first-order valence-corrected chi connectivity index (χ1v) is 14.3. The summed E-state index contributed by atoms with van der Waals surface area (Å²) in [6, 6.07) is 21.1. The quantitative estimate of drug-likeness (QED) is 0.306. The molecule has 0 radical (unpaired) electrons. The number of rotatable bonds is 10. The van der Waals surface area contributed by atoms with E-state index in [0.29, 0.717) is 23.7 Å². The van der Waals surface area contributed by atoms with Gasteiger partial charge in [0.1, 0.15) is 11.8 Å². The number of nitrogens with zero attached hydrogens (tertiary/aromatic N) is 1. The largest absolute Gasteiger partial charge is 0.484 e. The van der Waals surface area contributed by atoms with Gasteiger partial charge in [0.25, 0.3) is 5.91 Å². The van der Waals surface area contributed by atoms with Gasteiger partial charge in [0.15, 0.2) is 6.61 Å². The molecule has 39 heavy (non-hydrogen) atoms. The lowest BCUT2D eigenvalue weighted by Gasteiger charge is -2.33. The molecule has 1 aliphatic carbocycles. The Hall–Kier alpha value is -3.31. The van der Waals surface area contributed by atoms with Crippen LogP contribution in [0.4, 0.5) is 0 Å². The van der Waals surface area contributed by atoms with Gasteiger partial charge in [-0.1, -0.05) is 85.5 Å². The summed E-state index contributed by atoms with van der Waals surface area (Å²) in [5.74, 6) is 0.249. The number of ether oxygens (including phenoxy) is 1. The third kappa shape index (κ3) is 7.86. The highest BCUT2D eigenvalue weighted by Gasteiger charge is 2.32. The highest BCUT2D eigenvalue weighted by atomic mass is 35.5.